The van der Waals surface area contributed by atoms with Crippen LogP contribution in [0.15, 0.2) is 97.3 Å². The first-order chi connectivity index (χ1) is 15.8. The molecule has 7 nitrogen and oxygen atoms in total. The molecule has 0 bridgehead atoms. The van der Waals surface area contributed by atoms with Crippen molar-refractivity contribution < 1.29 is 4.79 Å². The van der Waals surface area contributed by atoms with Gasteiger partial charge < -0.3 is 16.0 Å². The number of benzene rings is 2. The van der Waals surface area contributed by atoms with Crippen LogP contribution in [0.25, 0.3) is 0 Å². The average molecular weight is 425 g/mol. The minimum atomic E-state index is -0.352. The molecule has 0 radical (unpaired) electrons. The molecular weight excluding hydrogens is 400 g/mol. The Labute approximate surface area is 187 Å². The predicted molar refractivity (Wildman–Crippen MR) is 126 cm³/mol. The topological polar surface area (TPSA) is 91.8 Å². The molecule has 0 fully saturated rings. The van der Waals surface area contributed by atoms with Crippen molar-refractivity contribution in [3.8, 4) is 0 Å². The Morgan fingerprint density at radius 1 is 0.750 bits per heavy atom. The number of hydrogen-bond donors (Lipinski definition) is 3. The minimum absolute atomic E-state index is 0.0358. The van der Waals surface area contributed by atoms with Crippen LogP contribution in [0.2, 0.25) is 0 Å². The average Bonchev–Trinajstić information content (AvgIpc) is 2.85. The molecule has 0 spiro atoms. The van der Waals surface area contributed by atoms with Crippen molar-refractivity contribution in [2.45, 2.75) is 5.92 Å². The van der Waals surface area contributed by atoms with Crippen LogP contribution >= 0.6 is 0 Å². The summed E-state index contributed by atoms with van der Waals surface area (Å²) in [5.41, 5.74) is 2.77. The summed E-state index contributed by atoms with van der Waals surface area (Å²) in [6.45, 7) is 0.998. The maximum Gasteiger partial charge on any atom is 0.232 e. The molecule has 7 heteroatoms. The molecule has 1 amide bonds. The highest BCUT2D eigenvalue weighted by Crippen LogP contribution is 2.24. The van der Waals surface area contributed by atoms with E-state index in [2.05, 4.69) is 31.1 Å². The van der Waals surface area contributed by atoms with Crippen molar-refractivity contribution in [3.05, 3.63) is 108 Å². The molecular formula is C25H24N6O. The monoisotopic (exact) mass is 424 g/mol. The van der Waals surface area contributed by atoms with Gasteiger partial charge >= 0.3 is 0 Å². The summed E-state index contributed by atoms with van der Waals surface area (Å²) >= 11 is 0. The zero-order valence-electron chi connectivity index (χ0n) is 17.5. The first-order valence-electron chi connectivity index (χ1n) is 10.4. The van der Waals surface area contributed by atoms with Gasteiger partial charge in [0.25, 0.3) is 0 Å². The van der Waals surface area contributed by atoms with E-state index in [0.29, 0.717) is 24.7 Å². The largest absolute Gasteiger partial charge is 0.367 e. The minimum Gasteiger partial charge on any atom is -0.367 e. The fourth-order valence-electron chi connectivity index (χ4n) is 3.34. The lowest BCUT2D eigenvalue weighted by atomic mass is 9.90. The molecule has 3 N–H and O–H groups in total. The van der Waals surface area contributed by atoms with Gasteiger partial charge in [-0.1, -0.05) is 60.7 Å². The van der Waals surface area contributed by atoms with Crippen molar-refractivity contribution in [1.82, 2.24) is 20.5 Å². The fourth-order valence-corrected chi connectivity index (χ4v) is 3.34. The molecule has 0 aliphatic heterocycles. The predicted octanol–water partition coefficient (Wildman–Crippen LogP) is 3.98. The Hall–Kier alpha value is -4.26. The molecule has 0 aliphatic carbocycles. The van der Waals surface area contributed by atoms with E-state index < -0.39 is 0 Å². The van der Waals surface area contributed by atoms with Gasteiger partial charge in [0.2, 0.25) is 5.91 Å². The second-order valence-electron chi connectivity index (χ2n) is 7.14. The SMILES string of the molecule is O=C(NCCNc1ccc(Nc2cccnc2)nn1)C(c1ccccc1)c1ccccc1. The van der Waals surface area contributed by atoms with Gasteiger partial charge in [0.05, 0.1) is 17.8 Å². The van der Waals surface area contributed by atoms with E-state index in [1.165, 1.54) is 0 Å². The maximum absolute atomic E-state index is 13.0. The van der Waals surface area contributed by atoms with E-state index >= 15 is 0 Å². The number of amides is 1. The normalized spacial score (nSPS) is 10.5. The number of pyridine rings is 1. The van der Waals surface area contributed by atoms with E-state index in [9.17, 15) is 4.79 Å². The highest BCUT2D eigenvalue weighted by molar-refractivity contribution is 5.87. The van der Waals surface area contributed by atoms with Gasteiger partial charge in [-0.15, -0.1) is 10.2 Å². The lowest BCUT2D eigenvalue weighted by molar-refractivity contribution is -0.121. The number of rotatable bonds is 9. The first-order valence-corrected chi connectivity index (χ1v) is 10.4. The Morgan fingerprint density at radius 3 is 2.00 bits per heavy atom. The van der Waals surface area contributed by atoms with Gasteiger partial charge in [-0.3, -0.25) is 9.78 Å². The molecule has 160 valence electrons. The zero-order chi connectivity index (χ0) is 22.0. The lowest BCUT2D eigenvalue weighted by Gasteiger charge is -2.18. The molecule has 0 saturated heterocycles. The molecule has 2 aromatic carbocycles. The molecule has 0 aliphatic rings. The molecule has 4 rings (SSSR count). The Bertz CT molecular complexity index is 1070. The smallest absolute Gasteiger partial charge is 0.232 e. The summed E-state index contributed by atoms with van der Waals surface area (Å²) in [7, 11) is 0. The van der Waals surface area contributed by atoms with E-state index in [0.717, 1.165) is 16.8 Å². The Kier molecular flexibility index (Phi) is 7.00. The molecule has 2 aromatic heterocycles. The van der Waals surface area contributed by atoms with Gasteiger partial charge in [-0.05, 0) is 35.4 Å². The van der Waals surface area contributed by atoms with Crippen molar-refractivity contribution >= 4 is 23.2 Å². The van der Waals surface area contributed by atoms with Crippen molar-refractivity contribution in [2.24, 2.45) is 0 Å². The van der Waals surface area contributed by atoms with Gasteiger partial charge in [0.15, 0.2) is 5.82 Å². The van der Waals surface area contributed by atoms with E-state index in [1.54, 1.807) is 12.4 Å². The quantitative estimate of drug-likeness (QED) is 0.352. The van der Waals surface area contributed by atoms with Gasteiger partial charge in [-0.2, -0.15) is 0 Å². The molecule has 0 saturated carbocycles. The van der Waals surface area contributed by atoms with E-state index in [-0.39, 0.29) is 11.8 Å². The third kappa shape index (κ3) is 5.66. The molecule has 0 atom stereocenters. The second-order valence-corrected chi connectivity index (χ2v) is 7.14. The highest BCUT2D eigenvalue weighted by Gasteiger charge is 2.21. The third-order valence-corrected chi connectivity index (χ3v) is 4.86. The Balaban J connectivity index is 1.30. The highest BCUT2D eigenvalue weighted by atomic mass is 16.1. The number of carbonyl (C=O) groups is 1. The third-order valence-electron chi connectivity index (χ3n) is 4.86. The molecule has 2 heterocycles. The van der Waals surface area contributed by atoms with Crippen molar-refractivity contribution in [2.75, 3.05) is 23.7 Å². The van der Waals surface area contributed by atoms with Crippen LogP contribution in [0.5, 0.6) is 0 Å². The number of hydrogen-bond acceptors (Lipinski definition) is 6. The summed E-state index contributed by atoms with van der Waals surface area (Å²) in [6.07, 6.45) is 3.43. The zero-order valence-corrected chi connectivity index (χ0v) is 17.5. The lowest BCUT2D eigenvalue weighted by Crippen LogP contribution is -2.33. The van der Waals surface area contributed by atoms with Gasteiger partial charge in [0, 0.05) is 19.3 Å². The van der Waals surface area contributed by atoms with Gasteiger partial charge in [0.1, 0.15) is 5.82 Å². The summed E-state index contributed by atoms with van der Waals surface area (Å²) in [5, 5.41) is 17.7. The van der Waals surface area contributed by atoms with Crippen molar-refractivity contribution in [1.29, 1.82) is 0 Å². The molecule has 32 heavy (non-hydrogen) atoms. The summed E-state index contributed by atoms with van der Waals surface area (Å²) < 4.78 is 0. The number of nitrogens with one attached hydrogen (secondary N) is 3. The number of carbonyl (C=O) groups excluding carboxylic acids is 1. The molecule has 0 unspecified atom stereocenters. The van der Waals surface area contributed by atoms with Crippen LogP contribution in [0.3, 0.4) is 0 Å². The summed E-state index contributed by atoms with van der Waals surface area (Å²) in [5.74, 6) is 0.880. The van der Waals surface area contributed by atoms with Crippen LogP contribution in [-0.2, 0) is 4.79 Å². The van der Waals surface area contributed by atoms with Crippen LogP contribution in [0, 0.1) is 0 Å². The maximum atomic E-state index is 13.0. The Morgan fingerprint density at radius 2 is 1.41 bits per heavy atom. The van der Waals surface area contributed by atoms with Crippen molar-refractivity contribution in [3.63, 3.8) is 0 Å². The summed E-state index contributed by atoms with van der Waals surface area (Å²) in [4.78, 5) is 17.0. The summed E-state index contributed by atoms with van der Waals surface area (Å²) in [6, 6.07) is 27.0. The van der Waals surface area contributed by atoms with E-state index in [1.807, 2.05) is 84.9 Å². The van der Waals surface area contributed by atoms with E-state index in [4.69, 9.17) is 0 Å². The van der Waals surface area contributed by atoms with Crippen LogP contribution < -0.4 is 16.0 Å². The molecule has 4 aromatic rings. The van der Waals surface area contributed by atoms with Gasteiger partial charge in [-0.25, -0.2) is 0 Å². The number of nitrogens with zero attached hydrogens (tertiary/aromatic N) is 3. The van der Waals surface area contributed by atoms with Crippen LogP contribution in [-0.4, -0.2) is 34.2 Å². The van der Waals surface area contributed by atoms with Crippen LogP contribution in [0.4, 0.5) is 17.3 Å². The van der Waals surface area contributed by atoms with Crippen LogP contribution in [0.1, 0.15) is 17.0 Å². The second kappa shape index (κ2) is 10.7. The first kappa shape index (κ1) is 21.0. The fraction of sp³-hybridized carbons (Fsp3) is 0.120. The number of anilines is 3. The standard InChI is InChI=1S/C25H24N6O/c32-25(24(19-8-3-1-4-9-19)20-10-5-2-6-11-20)28-17-16-27-22-13-14-23(31-30-22)29-21-12-7-15-26-18-21/h1-15,18,24H,16-17H2,(H,27,30)(H,28,32)(H,29,31). The number of aromatic nitrogens is 3.